The summed E-state index contributed by atoms with van der Waals surface area (Å²) in [5.74, 6) is 0.809. The Balaban J connectivity index is 2.83. The van der Waals surface area contributed by atoms with Crippen molar-refractivity contribution < 1.29 is 0 Å². The summed E-state index contributed by atoms with van der Waals surface area (Å²) in [6.07, 6.45) is 1.58. The average molecular weight is 164 g/mol. The Morgan fingerprint density at radius 1 is 1.58 bits per heavy atom. The van der Waals surface area contributed by atoms with Crippen molar-refractivity contribution in [1.82, 2.24) is 15.2 Å². The number of hydrogen-bond acceptors (Lipinski definition) is 3. The highest BCUT2D eigenvalue weighted by molar-refractivity contribution is 5.81. The number of rotatable bonds is 1. The number of H-pyrrole nitrogens is 2. The molecule has 62 valence electrons. The number of hydrogen-bond donors (Lipinski definition) is 3. The van der Waals surface area contributed by atoms with Gasteiger partial charge < -0.3 is 10.3 Å². The van der Waals surface area contributed by atoms with Crippen molar-refractivity contribution >= 4 is 16.7 Å². The van der Waals surface area contributed by atoms with E-state index < -0.39 is 0 Å². The summed E-state index contributed by atoms with van der Waals surface area (Å²) in [6, 6.07) is 1.75. The maximum atomic E-state index is 11.1. The number of aromatic nitrogens is 3. The first-order valence-corrected chi connectivity index (χ1v) is 3.55. The molecule has 0 spiro atoms. The van der Waals surface area contributed by atoms with Crippen molar-refractivity contribution in [2.75, 3.05) is 12.4 Å². The van der Waals surface area contributed by atoms with E-state index in [1.165, 1.54) is 0 Å². The molecule has 0 unspecified atom stereocenters. The predicted octanol–water partition coefficient (Wildman–Crippen LogP) is 0.293. The largest absolute Gasteiger partial charge is 0.375 e. The summed E-state index contributed by atoms with van der Waals surface area (Å²) >= 11 is 0. The Morgan fingerprint density at radius 3 is 3.08 bits per heavy atom. The molecule has 0 amide bonds. The van der Waals surface area contributed by atoms with Crippen LogP contribution < -0.4 is 10.9 Å². The minimum atomic E-state index is -0.176. The topological polar surface area (TPSA) is 73.6 Å². The summed E-state index contributed by atoms with van der Waals surface area (Å²) in [5, 5.41) is 9.55. The van der Waals surface area contributed by atoms with E-state index in [2.05, 4.69) is 20.5 Å². The molecule has 0 saturated carbocycles. The van der Waals surface area contributed by atoms with Gasteiger partial charge in [-0.1, -0.05) is 0 Å². The van der Waals surface area contributed by atoms with Crippen LogP contribution in [0.2, 0.25) is 0 Å². The molecule has 12 heavy (non-hydrogen) atoms. The van der Waals surface area contributed by atoms with Crippen LogP contribution in [0, 0.1) is 0 Å². The van der Waals surface area contributed by atoms with Crippen molar-refractivity contribution in [1.29, 1.82) is 0 Å². The van der Waals surface area contributed by atoms with Crippen LogP contribution in [0.15, 0.2) is 17.1 Å². The van der Waals surface area contributed by atoms with Crippen molar-refractivity contribution in [3.8, 4) is 0 Å². The van der Waals surface area contributed by atoms with Gasteiger partial charge in [0.05, 0.1) is 17.1 Å². The van der Waals surface area contributed by atoms with E-state index in [1.807, 2.05) is 0 Å². The fourth-order valence-electron chi connectivity index (χ4n) is 1.11. The van der Waals surface area contributed by atoms with Crippen LogP contribution in [-0.2, 0) is 0 Å². The fraction of sp³-hybridized carbons (Fsp3) is 0.143. The minimum Gasteiger partial charge on any atom is -0.375 e. The summed E-state index contributed by atoms with van der Waals surface area (Å²) in [6.45, 7) is 0. The van der Waals surface area contributed by atoms with Gasteiger partial charge in [-0.2, -0.15) is 5.10 Å². The molecule has 2 aromatic heterocycles. The van der Waals surface area contributed by atoms with Crippen molar-refractivity contribution in [2.45, 2.75) is 0 Å². The highest BCUT2D eigenvalue weighted by Gasteiger charge is 2.01. The van der Waals surface area contributed by atoms with Gasteiger partial charge in [0.2, 0.25) is 0 Å². The lowest BCUT2D eigenvalue weighted by molar-refractivity contribution is 1.01. The van der Waals surface area contributed by atoms with E-state index in [-0.39, 0.29) is 5.56 Å². The van der Waals surface area contributed by atoms with E-state index in [1.54, 1.807) is 19.3 Å². The lowest BCUT2D eigenvalue weighted by Crippen LogP contribution is -2.05. The maximum Gasteiger partial charge on any atom is 0.273 e. The summed E-state index contributed by atoms with van der Waals surface area (Å²) in [7, 11) is 1.78. The van der Waals surface area contributed by atoms with E-state index in [9.17, 15) is 4.79 Å². The molecular weight excluding hydrogens is 156 g/mol. The zero-order valence-electron chi connectivity index (χ0n) is 6.51. The van der Waals surface area contributed by atoms with Crippen molar-refractivity contribution in [3.63, 3.8) is 0 Å². The van der Waals surface area contributed by atoms with Gasteiger partial charge in [0.1, 0.15) is 5.82 Å². The van der Waals surface area contributed by atoms with E-state index >= 15 is 0 Å². The Kier molecular flexibility index (Phi) is 1.36. The second-order valence-electron chi connectivity index (χ2n) is 2.46. The molecule has 0 aromatic carbocycles. The zero-order chi connectivity index (χ0) is 8.55. The first-order valence-electron chi connectivity index (χ1n) is 3.55. The molecule has 0 saturated heterocycles. The third kappa shape index (κ3) is 0.868. The second kappa shape index (κ2) is 2.37. The average Bonchev–Trinajstić information content (AvgIpc) is 2.49. The van der Waals surface area contributed by atoms with Crippen LogP contribution in [0.5, 0.6) is 0 Å². The van der Waals surface area contributed by atoms with Gasteiger partial charge in [-0.25, -0.2) is 5.10 Å². The zero-order valence-corrected chi connectivity index (χ0v) is 6.51. The second-order valence-corrected chi connectivity index (χ2v) is 2.46. The van der Waals surface area contributed by atoms with Crippen LogP contribution in [-0.4, -0.2) is 22.2 Å². The number of nitrogens with zero attached hydrogens (tertiary/aromatic N) is 1. The molecule has 2 aromatic rings. The molecule has 0 fully saturated rings. The van der Waals surface area contributed by atoms with Gasteiger partial charge in [0.15, 0.2) is 0 Å². The number of aromatic amines is 2. The lowest BCUT2D eigenvalue weighted by Gasteiger charge is -1.88. The number of nitrogens with one attached hydrogen (secondary N) is 3. The van der Waals surface area contributed by atoms with Crippen molar-refractivity contribution in [3.05, 3.63) is 22.6 Å². The Bertz CT molecular complexity index is 456. The molecule has 5 nitrogen and oxygen atoms in total. The van der Waals surface area contributed by atoms with Gasteiger partial charge in [-0.05, 0) is 6.07 Å². The first-order chi connectivity index (χ1) is 5.81. The molecule has 0 aliphatic rings. The van der Waals surface area contributed by atoms with E-state index in [0.29, 0.717) is 5.39 Å². The highest BCUT2D eigenvalue weighted by atomic mass is 16.1. The molecule has 0 aliphatic carbocycles. The molecular formula is C7H8N4O. The van der Waals surface area contributed by atoms with Crippen LogP contribution in [0.25, 0.3) is 10.9 Å². The minimum absolute atomic E-state index is 0.176. The summed E-state index contributed by atoms with van der Waals surface area (Å²) in [4.78, 5) is 14.1. The van der Waals surface area contributed by atoms with E-state index in [0.717, 1.165) is 11.3 Å². The van der Waals surface area contributed by atoms with E-state index in [4.69, 9.17) is 0 Å². The van der Waals surface area contributed by atoms with Crippen LogP contribution in [0.4, 0.5) is 5.82 Å². The standard InChI is InChI=1S/C7H8N4O/c1-8-6-2-4-5(10-6)3-9-11-7(4)12/h2-3,8,10H,1H3,(H,11,12). The molecule has 0 atom stereocenters. The monoisotopic (exact) mass is 164 g/mol. The molecule has 0 aliphatic heterocycles. The Hall–Kier alpha value is -1.78. The molecule has 5 heteroatoms. The van der Waals surface area contributed by atoms with Gasteiger partial charge in [0.25, 0.3) is 5.56 Å². The molecule has 0 radical (unpaired) electrons. The molecule has 0 bridgehead atoms. The van der Waals surface area contributed by atoms with Gasteiger partial charge in [-0.3, -0.25) is 4.79 Å². The maximum absolute atomic E-state index is 11.1. The third-order valence-corrected chi connectivity index (χ3v) is 1.72. The molecule has 2 heterocycles. The lowest BCUT2D eigenvalue weighted by atomic mass is 10.4. The first kappa shape index (κ1) is 6.90. The fourth-order valence-corrected chi connectivity index (χ4v) is 1.11. The van der Waals surface area contributed by atoms with Gasteiger partial charge in [-0.15, -0.1) is 0 Å². The molecule has 3 N–H and O–H groups in total. The van der Waals surface area contributed by atoms with Crippen LogP contribution in [0.1, 0.15) is 0 Å². The molecule has 2 rings (SSSR count). The highest BCUT2D eigenvalue weighted by Crippen LogP contribution is 2.12. The Morgan fingerprint density at radius 2 is 2.42 bits per heavy atom. The van der Waals surface area contributed by atoms with Gasteiger partial charge >= 0.3 is 0 Å². The summed E-state index contributed by atoms with van der Waals surface area (Å²) in [5.41, 5.74) is 0.563. The smallest absolute Gasteiger partial charge is 0.273 e. The SMILES string of the molecule is CNc1cc2c(=O)[nH]ncc2[nH]1. The Labute approximate surface area is 67.8 Å². The number of fused-ring (bicyclic) bond motifs is 1. The normalized spacial score (nSPS) is 10.4. The van der Waals surface area contributed by atoms with Crippen LogP contribution in [0.3, 0.4) is 0 Å². The number of anilines is 1. The summed E-state index contributed by atoms with van der Waals surface area (Å²) < 4.78 is 0. The van der Waals surface area contributed by atoms with Crippen LogP contribution >= 0.6 is 0 Å². The van der Waals surface area contributed by atoms with Gasteiger partial charge in [0, 0.05) is 7.05 Å². The quantitative estimate of drug-likeness (QED) is 0.567. The third-order valence-electron chi connectivity index (χ3n) is 1.72. The predicted molar refractivity (Wildman–Crippen MR) is 46.3 cm³/mol. The van der Waals surface area contributed by atoms with Crippen molar-refractivity contribution in [2.24, 2.45) is 0 Å².